The van der Waals surface area contributed by atoms with Gasteiger partial charge in [0.15, 0.2) is 0 Å². The lowest BCUT2D eigenvalue weighted by atomic mass is 9.81. The average Bonchev–Trinajstić information content (AvgIpc) is 2.47. The summed E-state index contributed by atoms with van der Waals surface area (Å²) in [6.45, 7) is 0. The van der Waals surface area contributed by atoms with Gasteiger partial charge < -0.3 is 15.2 Å². The molecule has 2 N–H and O–H groups in total. The van der Waals surface area contributed by atoms with Gasteiger partial charge in [-0.25, -0.2) is 0 Å². The van der Waals surface area contributed by atoms with Crippen LogP contribution in [0.3, 0.4) is 0 Å². The van der Waals surface area contributed by atoms with E-state index in [-0.39, 0.29) is 17.7 Å². The van der Waals surface area contributed by atoms with Gasteiger partial charge >= 0.3 is 5.97 Å². The van der Waals surface area contributed by atoms with E-state index in [1.807, 2.05) is 0 Å². The van der Waals surface area contributed by atoms with Crippen molar-refractivity contribution in [2.45, 2.75) is 25.7 Å². The van der Waals surface area contributed by atoms with E-state index < -0.39 is 5.97 Å². The normalized spacial score (nSPS) is 21.6. The summed E-state index contributed by atoms with van der Waals surface area (Å²) in [6.07, 6.45) is 2.39. The van der Waals surface area contributed by atoms with Gasteiger partial charge in [0, 0.05) is 11.6 Å². The van der Waals surface area contributed by atoms with E-state index in [2.05, 4.69) is 21.2 Å². The van der Waals surface area contributed by atoms with Crippen molar-refractivity contribution in [1.29, 1.82) is 0 Å². The second-order valence-electron chi connectivity index (χ2n) is 5.23. The number of halogens is 1. The summed E-state index contributed by atoms with van der Waals surface area (Å²) in [7, 11) is 1.58. The smallest absolute Gasteiger partial charge is 0.306 e. The first-order valence-corrected chi connectivity index (χ1v) is 7.67. The zero-order chi connectivity index (χ0) is 15.4. The number of carbonyl (C=O) groups excluding carboxylic acids is 1. The third-order valence-electron chi connectivity index (χ3n) is 3.87. The fourth-order valence-corrected chi connectivity index (χ4v) is 3.13. The quantitative estimate of drug-likeness (QED) is 0.868. The lowest BCUT2D eigenvalue weighted by molar-refractivity contribution is -0.143. The molecule has 0 spiro atoms. The molecule has 1 fully saturated rings. The van der Waals surface area contributed by atoms with E-state index in [9.17, 15) is 9.59 Å². The van der Waals surface area contributed by atoms with Crippen molar-refractivity contribution < 1.29 is 19.4 Å². The molecule has 1 aliphatic rings. The number of amides is 1. The number of aliphatic carboxylic acids is 1. The largest absolute Gasteiger partial charge is 0.496 e. The Hall–Kier alpha value is -1.56. The molecule has 21 heavy (non-hydrogen) atoms. The summed E-state index contributed by atoms with van der Waals surface area (Å²) >= 11 is 3.38. The lowest BCUT2D eigenvalue weighted by Crippen LogP contribution is -2.29. The summed E-state index contributed by atoms with van der Waals surface area (Å²) in [4.78, 5) is 23.1. The third-order valence-corrected chi connectivity index (χ3v) is 4.49. The predicted molar refractivity (Wildman–Crippen MR) is 82.4 cm³/mol. The first-order valence-electron chi connectivity index (χ1n) is 6.88. The molecule has 0 unspecified atom stereocenters. The maximum absolute atomic E-state index is 12.2. The van der Waals surface area contributed by atoms with Gasteiger partial charge in [-0.3, -0.25) is 9.59 Å². The van der Waals surface area contributed by atoms with Crippen molar-refractivity contribution in [2.24, 2.45) is 11.8 Å². The van der Waals surface area contributed by atoms with E-state index >= 15 is 0 Å². The first-order chi connectivity index (χ1) is 10.0. The Kier molecular flexibility index (Phi) is 5.22. The molecule has 0 heterocycles. The number of nitrogens with one attached hydrogen (secondary N) is 1. The fraction of sp³-hybridized carbons (Fsp3) is 0.467. The zero-order valence-electron chi connectivity index (χ0n) is 11.8. The molecule has 1 amide bonds. The molecular weight excluding hydrogens is 338 g/mol. The van der Waals surface area contributed by atoms with Gasteiger partial charge in [-0.15, -0.1) is 0 Å². The van der Waals surface area contributed by atoms with Crippen LogP contribution in [0.1, 0.15) is 25.7 Å². The number of hydrogen-bond donors (Lipinski definition) is 2. The number of benzene rings is 1. The van der Waals surface area contributed by atoms with Crippen LogP contribution in [0.25, 0.3) is 0 Å². The number of carboxylic acid groups (broad SMARTS) is 1. The molecule has 1 saturated carbocycles. The molecule has 0 saturated heterocycles. The monoisotopic (exact) mass is 355 g/mol. The zero-order valence-corrected chi connectivity index (χ0v) is 13.4. The van der Waals surface area contributed by atoms with Crippen LogP contribution in [0.2, 0.25) is 0 Å². The Morgan fingerprint density at radius 1 is 1.24 bits per heavy atom. The number of ether oxygens (including phenoxy) is 1. The van der Waals surface area contributed by atoms with Gasteiger partial charge in [0.25, 0.3) is 0 Å². The molecule has 0 radical (unpaired) electrons. The molecule has 0 aromatic heterocycles. The minimum Gasteiger partial charge on any atom is -0.496 e. The van der Waals surface area contributed by atoms with Gasteiger partial charge in [-0.1, -0.05) is 0 Å². The third kappa shape index (κ3) is 3.97. The van der Waals surface area contributed by atoms with E-state index in [4.69, 9.17) is 9.84 Å². The summed E-state index contributed by atoms with van der Waals surface area (Å²) < 4.78 is 5.92. The highest BCUT2D eigenvalue weighted by atomic mass is 79.9. The van der Waals surface area contributed by atoms with E-state index in [0.29, 0.717) is 37.1 Å². The number of rotatable bonds is 4. The van der Waals surface area contributed by atoms with Gasteiger partial charge in [0.2, 0.25) is 5.91 Å². The van der Waals surface area contributed by atoms with Crippen LogP contribution in [0.5, 0.6) is 5.75 Å². The summed E-state index contributed by atoms with van der Waals surface area (Å²) in [5, 5.41) is 11.8. The molecular formula is C15H18BrNO4. The van der Waals surface area contributed by atoms with Crippen LogP contribution < -0.4 is 10.1 Å². The van der Waals surface area contributed by atoms with Crippen LogP contribution >= 0.6 is 15.9 Å². The highest BCUT2D eigenvalue weighted by Crippen LogP contribution is 2.31. The van der Waals surface area contributed by atoms with Crippen molar-refractivity contribution in [1.82, 2.24) is 0 Å². The van der Waals surface area contributed by atoms with Crippen molar-refractivity contribution in [3.63, 3.8) is 0 Å². The molecule has 5 nitrogen and oxygen atoms in total. The summed E-state index contributed by atoms with van der Waals surface area (Å²) in [6, 6.07) is 5.35. The topological polar surface area (TPSA) is 75.6 Å². The van der Waals surface area contributed by atoms with Crippen molar-refractivity contribution in [3.8, 4) is 5.75 Å². The van der Waals surface area contributed by atoms with E-state index in [1.165, 1.54) is 0 Å². The van der Waals surface area contributed by atoms with Crippen LogP contribution in [-0.2, 0) is 9.59 Å². The predicted octanol–water partition coefficient (Wildman–Crippen LogP) is 3.29. The molecule has 0 bridgehead atoms. The summed E-state index contributed by atoms with van der Waals surface area (Å²) in [5.74, 6) is -0.510. The Labute approximate surface area is 131 Å². The average molecular weight is 356 g/mol. The van der Waals surface area contributed by atoms with Crippen molar-refractivity contribution >= 4 is 33.5 Å². The van der Waals surface area contributed by atoms with Crippen LogP contribution in [0, 0.1) is 11.8 Å². The molecule has 114 valence electrons. The van der Waals surface area contributed by atoms with Crippen molar-refractivity contribution in [3.05, 3.63) is 22.7 Å². The molecule has 0 atom stereocenters. The van der Waals surface area contributed by atoms with Gasteiger partial charge in [0.05, 0.1) is 17.5 Å². The van der Waals surface area contributed by atoms with E-state index in [1.54, 1.807) is 25.3 Å². The highest BCUT2D eigenvalue weighted by Gasteiger charge is 2.29. The number of methoxy groups -OCH3 is 1. The number of carbonyl (C=O) groups is 2. The second kappa shape index (κ2) is 6.93. The minimum absolute atomic E-state index is 0.0455. The molecule has 1 aromatic rings. The minimum atomic E-state index is -0.757. The number of carboxylic acids is 1. The Bertz CT molecular complexity index is 538. The molecule has 0 aliphatic heterocycles. The SMILES string of the molecule is COc1ccc(NC(=O)C2CCC(C(=O)O)CC2)cc1Br. The number of anilines is 1. The first kappa shape index (κ1) is 15.8. The van der Waals surface area contributed by atoms with Crippen LogP contribution in [-0.4, -0.2) is 24.1 Å². The fourth-order valence-electron chi connectivity index (χ4n) is 2.59. The van der Waals surface area contributed by atoms with Gasteiger partial charge in [0.1, 0.15) is 5.75 Å². The molecule has 1 aliphatic carbocycles. The van der Waals surface area contributed by atoms with Crippen LogP contribution in [0.4, 0.5) is 5.69 Å². The Morgan fingerprint density at radius 2 is 1.86 bits per heavy atom. The standard InChI is InChI=1S/C15H18BrNO4/c1-21-13-7-6-11(8-12(13)16)17-14(18)9-2-4-10(5-3-9)15(19)20/h6-10H,2-5H2,1H3,(H,17,18)(H,19,20). The molecule has 1 aromatic carbocycles. The molecule has 6 heteroatoms. The van der Waals surface area contributed by atoms with Crippen LogP contribution in [0.15, 0.2) is 22.7 Å². The van der Waals surface area contributed by atoms with Gasteiger partial charge in [-0.2, -0.15) is 0 Å². The highest BCUT2D eigenvalue weighted by molar-refractivity contribution is 9.10. The number of hydrogen-bond acceptors (Lipinski definition) is 3. The van der Waals surface area contributed by atoms with E-state index in [0.717, 1.165) is 4.47 Å². The lowest BCUT2D eigenvalue weighted by Gasteiger charge is -2.25. The maximum atomic E-state index is 12.2. The van der Waals surface area contributed by atoms with Crippen molar-refractivity contribution in [2.75, 3.05) is 12.4 Å². The summed E-state index contributed by atoms with van der Waals surface area (Å²) in [5.41, 5.74) is 0.702. The Balaban J connectivity index is 1.93. The second-order valence-corrected chi connectivity index (χ2v) is 6.08. The Morgan fingerprint density at radius 3 is 2.38 bits per heavy atom. The van der Waals surface area contributed by atoms with Gasteiger partial charge in [-0.05, 0) is 59.8 Å². The maximum Gasteiger partial charge on any atom is 0.306 e. The molecule has 2 rings (SSSR count).